The van der Waals surface area contributed by atoms with Crippen LogP contribution in [0.5, 0.6) is 0 Å². The van der Waals surface area contributed by atoms with Crippen molar-refractivity contribution in [3.63, 3.8) is 0 Å². The molecule has 31 heavy (non-hydrogen) atoms. The summed E-state index contributed by atoms with van der Waals surface area (Å²) in [4.78, 5) is 37.3. The van der Waals surface area contributed by atoms with Crippen molar-refractivity contribution < 1.29 is 33.7 Å². The first kappa shape index (κ1) is 24.2. The predicted molar refractivity (Wildman–Crippen MR) is 114 cm³/mol. The first-order valence-corrected chi connectivity index (χ1v) is 9.82. The molecule has 1 heterocycles. The largest absolute Gasteiger partial charge is 0.467 e. The molecule has 1 aromatic carbocycles. The number of nitrogens with one attached hydrogen (secondary N) is 1. The number of aliphatic hydroxyl groups excluding tert-OH is 1. The minimum absolute atomic E-state index is 0.243. The van der Waals surface area contributed by atoms with Crippen molar-refractivity contribution in [2.75, 3.05) is 7.11 Å². The molecule has 2 atom stereocenters. The van der Waals surface area contributed by atoms with E-state index in [2.05, 4.69) is 5.32 Å². The Balaban J connectivity index is 2.46. The zero-order valence-electron chi connectivity index (χ0n) is 18.9. The fourth-order valence-corrected chi connectivity index (χ4v) is 2.91. The number of benzene rings is 1. The molecule has 0 aliphatic rings. The Kier molecular flexibility index (Phi) is 7.00. The van der Waals surface area contributed by atoms with Gasteiger partial charge in [-0.15, -0.1) is 0 Å². The lowest BCUT2D eigenvalue weighted by Crippen LogP contribution is -2.47. The van der Waals surface area contributed by atoms with Gasteiger partial charge in [0.1, 0.15) is 17.3 Å². The van der Waals surface area contributed by atoms with Gasteiger partial charge in [-0.3, -0.25) is 4.57 Å². The summed E-state index contributed by atoms with van der Waals surface area (Å²) in [5, 5.41) is 13.9. The highest BCUT2D eigenvalue weighted by Gasteiger charge is 2.35. The van der Waals surface area contributed by atoms with E-state index in [0.717, 1.165) is 7.11 Å². The molecule has 0 unspecified atom stereocenters. The summed E-state index contributed by atoms with van der Waals surface area (Å²) in [6.45, 7) is 10.2. The maximum absolute atomic E-state index is 12.7. The third-order valence-electron chi connectivity index (χ3n) is 4.09. The van der Waals surface area contributed by atoms with Crippen LogP contribution in [0, 0.1) is 0 Å². The van der Waals surface area contributed by atoms with Crippen LogP contribution in [-0.4, -0.2) is 52.2 Å². The van der Waals surface area contributed by atoms with Crippen molar-refractivity contribution in [3.05, 3.63) is 36.0 Å². The van der Waals surface area contributed by atoms with E-state index in [1.807, 2.05) is 0 Å². The van der Waals surface area contributed by atoms with E-state index < -0.39 is 41.5 Å². The van der Waals surface area contributed by atoms with Crippen LogP contribution in [0.4, 0.5) is 9.59 Å². The Bertz CT molecular complexity index is 966. The molecule has 2 aromatic rings. The maximum atomic E-state index is 12.7. The van der Waals surface area contributed by atoms with Gasteiger partial charge < -0.3 is 24.6 Å². The van der Waals surface area contributed by atoms with Crippen molar-refractivity contribution in [2.24, 2.45) is 0 Å². The van der Waals surface area contributed by atoms with Crippen molar-refractivity contribution in [1.29, 1.82) is 0 Å². The van der Waals surface area contributed by atoms with Gasteiger partial charge >= 0.3 is 18.2 Å². The van der Waals surface area contributed by atoms with E-state index in [-0.39, 0.29) is 5.56 Å². The Hall–Kier alpha value is -3.07. The Morgan fingerprint density at radius 1 is 1.00 bits per heavy atom. The number of fused-ring (bicyclic) bond motifs is 1. The molecule has 170 valence electrons. The van der Waals surface area contributed by atoms with Gasteiger partial charge in [0.05, 0.1) is 12.6 Å². The monoisotopic (exact) mass is 434 g/mol. The number of aliphatic hydroxyl groups is 1. The summed E-state index contributed by atoms with van der Waals surface area (Å²) in [7, 11) is 1.14. The topological polar surface area (TPSA) is 116 Å². The molecule has 0 spiro atoms. The molecule has 0 aliphatic carbocycles. The molecular formula is C22H30N2O7. The number of amides is 1. The highest BCUT2D eigenvalue weighted by Crippen LogP contribution is 2.30. The molecule has 0 saturated heterocycles. The Morgan fingerprint density at radius 2 is 1.58 bits per heavy atom. The minimum atomic E-state index is -1.52. The quantitative estimate of drug-likeness (QED) is 0.559. The predicted octanol–water partition coefficient (Wildman–Crippen LogP) is 3.52. The molecule has 9 nitrogen and oxygen atoms in total. The SMILES string of the molecule is COC(=O)[C@@H](NC(=O)OC(C)(C)C)[C@@H](O)c1cn(C(=O)OC(C)(C)C)c2ccccc12. The summed E-state index contributed by atoms with van der Waals surface area (Å²) in [6.07, 6.45) is -1.67. The molecule has 2 N–H and O–H groups in total. The number of methoxy groups -OCH3 is 1. The number of ether oxygens (including phenoxy) is 3. The summed E-state index contributed by atoms with van der Waals surface area (Å²) in [6, 6.07) is 5.38. The van der Waals surface area contributed by atoms with E-state index in [1.165, 1.54) is 10.8 Å². The molecule has 0 bridgehead atoms. The number of hydrogen-bond acceptors (Lipinski definition) is 7. The number of carbonyl (C=O) groups excluding carboxylic acids is 3. The van der Waals surface area contributed by atoms with Gasteiger partial charge in [0, 0.05) is 17.1 Å². The van der Waals surface area contributed by atoms with Gasteiger partial charge in [-0.05, 0) is 47.6 Å². The fraction of sp³-hybridized carbons (Fsp3) is 0.500. The van der Waals surface area contributed by atoms with Crippen LogP contribution in [0.15, 0.2) is 30.5 Å². The number of nitrogens with zero attached hydrogens (tertiary/aromatic N) is 1. The van der Waals surface area contributed by atoms with Crippen LogP contribution in [0.2, 0.25) is 0 Å². The Morgan fingerprint density at radius 3 is 2.13 bits per heavy atom. The van der Waals surface area contributed by atoms with E-state index in [4.69, 9.17) is 14.2 Å². The van der Waals surface area contributed by atoms with Crippen LogP contribution in [-0.2, 0) is 19.0 Å². The molecule has 1 aromatic heterocycles. The minimum Gasteiger partial charge on any atom is -0.467 e. The van der Waals surface area contributed by atoms with Crippen molar-refractivity contribution in [2.45, 2.75) is 64.9 Å². The molecule has 0 fully saturated rings. The van der Waals surface area contributed by atoms with Crippen LogP contribution in [0.25, 0.3) is 10.9 Å². The van der Waals surface area contributed by atoms with Crippen LogP contribution >= 0.6 is 0 Å². The number of para-hydroxylation sites is 1. The summed E-state index contributed by atoms with van der Waals surface area (Å²) in [5.41, 5.74) is -0.809. The summed E-state index contributed by atoms with van der Waals surface area (Å²) in [5.74, 6) is -0.868. The normalized spacial score (nSPS) is 13.9. The Labute approximate surface area is 181 Å². The number of aromatic nitrogens is 1. The zero-order chi connectivity index (χ0) is 23.6. The number of esters is 1. The van der Waals surface area contributed by atoms with Gasteiger partial charge in [-0.2, -0.15) is 0 Å². The molecule has 0 aliphatic heterocycles. The lowest BCUT2D eigenvalue weighted by Gasteiger charge is -2.25. The van der Waals surface area contributed by atoms with E-state index in [0.29, 0.717) is 10.9 Å². The second kappa shape index (κ2) is 8.97. The summed E-state index contributed by atoms with van der Waals surface area (Å²) < 4.78 is 16.6. The lowest BCUT2D eigenvalue weighted by molar-refractivity contribution is -0.146. The molecule has 2 rings (SSSR count). The number of hydrogen-bond donors (Lipinski definition) is 2. The number of carbonyl (C=O) groups is 3. The molecule has 0 saturated carbocycles. The average molecular weight is 434 g/mol. The number of rotatable bonds is 4. The second-order valence-corrected chi connectivity index (χ2v) is 9.04. The van der Waals surface area contributed by atoms with Crippen molar-refractivity contribution >= 4 is 29.1 Å². The maximum Gasteiger partial charge on any atom is 0.419 e. The average Bonchev–Trinajstić information content (AvgIpc) is 3.02. The van der Waals surface area contributed by atoms with Gasteiger partial charge in [0.25, 0.3) is 0 Å². The van der Waals surface area contributed by atoms with E-state index >= 15 is 0 Å². The second-order valence-electron chi connectivity index (χ2n) is 9.04. The smallest absolute Gasteiger partial charge is 0.419 e. The standard InChI is InChI=1S/C22H30N2O7/c1-21(2,3)30-19(27)23-16(18(26)29-7)17(25)14-12-24(20(28)31-22(4,5)6)15-11-9-8-10-13(14)15/h8-12,16-17,25H,1-7H3,(H,23,27)/t16-,17-/m0/s1. The first-order chi connectivity index (χ1) is 14.2. The van der Waals surface area contributed by atoms with Crippen molar-refractivity contribution in [1.82, 2.24) is 9.88 Å². The highest BCUT2D eigenvalue weighted by atomic mass is 16.6. The van der Waals surface area contributed by atoms with Crippen LogP contribution < -0.4 is 5.32 Å². The van der Waals surface area contributed by atoms with Crippen LogP contribution in [0.3, 0.4) is 0 Å². The third kappa shape index (κ3) is 6.21. The van der Waals surface area contributed by atoms with Crippen molar-refractivity contribution in [3.8, 4) is 0 Å². The van der Waals surface area contributed by atoms with Crippen LogP contribution in [0.1, 0.15) is 53.2 Å². The molecule has 1 amide bonds. The highest BCUT2D eigenvalue weighted by molar-refractivity contribution is 5.93. The van der Waals surface area contributed by atoms with Gasteiger partial charge in [-0.25, -0.2) is 14.4 Å². The van der Waals surface area contributed by atoms with Gasteiger partial charge in [-0.1, -0.05) is 18.2 Å². The molecule has 0 radical (unpaired) electrons. The molecular weight excluding hydrogens is 404 g/mol. The van der Waals surface area contributed by atoms with Gasteiger partial charge in [0.2, 0.25) is 0 Å². The lowest BCUT2D eigenvalue weighted by atomic mass is 10.0. The number of alkyl carbamates (subject to hydrolysis) is 1. The fourth-order valence-electron chi connectivity index (χ4n) is 2.91. The third-order valence-corrected chi connectivity index (χ3v) is 4.09. The van der Waals surface area contributed by atoms with E-state index in [1.54, 1.807) is 65.8 Å². The zero-order valence-corrected chi connectivity index (χ0v) is 18.9. The molecule has 9 heteroatoms. The first-order valence-electron chi connectivity index (χ1n) is 9.82. The van der Waals surface area contributed by atoms with E-state index in [9.17, 15) is 19.5 Å². The summed E-state index contributed by atoms with van der Waals surface area (Å²) >= 11 is 0. The van der Waals surface area contributed by atoms with Gasteiger partial charge in [0.15, 0.2) is 6.04 Å².